The Hall–Kier alpha value is -2.82. The molecule has 0 saturated heterocycles. The van der Waals surface area contributed by atoms with Crippen LogP contribution in [-0.2, 0) is 4.79 Å². The van der Waals surface area contributed by atoms with Crippen LogP contribution in [0, 0.1) is 11.8 Å². The summed E-state index contributed by atoms with van der Waals surface area (Å²) in [7, 11) is 0. The zero-order valence-electron chi connectivity index (χ0n) is 16.0. The average molecular weight is 375 g/mol. The summed E-state index contributed by atoms with van der Waals surface area (Å²) in [6, 6.07) is 12.1. The van der Waals surface area contributed by atoms with Gasteiger partial charge in [0.2, 0.25) is 5.91 Å². The van der Waals surface area contributed by atoms with E-state index in [-0.39, 0.29) is 17.9 Å². The highest BCUT2D eigenvalue weighted by Gasteiger charge is 2.45. The Labute approximate surface area is 164 Å². The SMILES string of the molecule is C[C@@H](NC(=O)[C@H]1C[C@@H]1c1cccc2cc[nH]c12)c1ccc(OCC2CC2)cn1. The van der Waals surface area contributed by atoms with Gasteiger partial charge in [0.25, 0.3) is 0 Å². The molecule has 28 heavy (non-hydrogen) atoms. The molecule has 2 aliphatic carbocycles. The van der Waals surface area contributed by atoms with E-state index in [0.717, 1.165) is 35.9 Å². The first-order valence-corrected chi connectivity index (χ1v) is 10.1. The van der Waals surface area contributed by atoms with E-state index in [0.29, 0.717) is 5.92 Å². The summed E-state index contributed by atoms with van der Waals surface area (Å²) in [6.45, 7) is 2.76. The number of hydrogen-bond donors (Lipinski definition) is 2. The predicted octanol–water partition coefficient (Wildman–Crippen LogP) is 4.33. The molecule has 5 nitrogen and oxygen atoms in total. The van der Waals surface area contributed by atoms with Crippen LogP contribution in [-0.4, -0.2) is 22.5 Å². The van der Waals surface area contributed by atoms with Gasteiger partial charge >= 0.3 is 0 Å². The Balaban J connectivity index is 1.19. The highest BCUT2D eigenvalue weighted by atomic mass is 16.5. The average Bonchev–Trinajstić information content (AvgIpc) is 3.63. The number of ether oxygens (including phenoxy) is 1. The fourth-order valence-corrected chi connectivity index (χ4v) is 3.87. The molecule has 0 aliphatic heterocycles. The van der Waals surface area contributed by atoms with Crippen LogP contribution in [0.3, 0.4) is 0 Å². The van der Waals surface area contributed by atoms with Gasteiger partial charge in [-0.1, -0.05) is 18.2 Å². The lowest BCUT2D eigenvalue weighted by molar-refractivity contribution is -0.123. The lowest BCUT2D eigenvalue weighted by Gasteiger charge is -2.14. The minimum Gasteiger partial charge on any atom is -0.492 e. The van der Waals surface area contributed by atoms with Crippen molar-refractivity contribution in [2.75, 3.05) is 6.61 Å². The van der Waals surface area contributed by atoms with Crippen molar-refractivity contribution in [1.29, 1.82) is 0 Å². The molecule has 5 rings (SSSR count). The molecule has 2 heterocycles. The van der Waals surface area contributed by atoms with Crippen LogP contribution >= 0.6 is 0 Å². The number of carbonyl (C=O) groups excluding carboxylic acids is 1. The largest absolute Gasteiger partial charge is 0.492 e. The zero-order chi connectivity index (χ0) is 19.1. The minimum atomic E-state index is -0.118. The second-order valence-electron chi connectivity index (χ2n) is 8.14. The van der Waals surface area contributed by atoms with Crippen LogP contribution in [0.1, 0.15) is 49.4 Å². The molecular weight excluding hydrogens is 350 g/mol. The number of carbonyl (C=O) groups is 1. The number of pyridine rings is 1. The van der Waals surface area contributed by atoms with Crippen molar-refractivity contribution >= 4 is 16.8 Å². The molecule has 2 saturated carbocycles. The maximum atomic E-state index is 12.7. The van der Waals surface area contributed by atoms with Crippen molar-refractivity contribution in [3.63, 3.8) is 0 Å². The molecule has 2 aliphatic rings. The summed E-state index contributed by atoms with van der Waals surface area (Å²) >= 11 is 0. The van der Waals surface area contributed by atoms with E-state index in [1.54, 1.807) is 6.20 Å². The molecule has 2 fully saturated rings. The smallest absolute Gasteiger partial charge is 0.224 e. The van der Waals surface area contributed by atoms with Crippen molar-refractivity contribution in [1.82, 2.24) is 15.3 Å². The van der Waals surface area contributed by atoms with E-state index < -0.39 is 0 Å². The lowest BCUT2D eigenvalue weighted by Crippen LogP contribution is -2.29. The number of benzene rings is 1. The van der Waals surface area contributed by atoms with Crippen LogP contribution in [0.5, 0.6) is 5.75 Å². The molecule has 5 heteroatoms. The number of H-pyrrole nitrogens is 1. The number of fused-ring (bicyclic) bond motifs is 1. The highest BCUT2D eigenvalue weighted by Crippen LogP contribution is 2.49. The normalized spacial score (nSPS) is 22.0. The van der Waals surface area contributed by atoms with E-state index in [1.165, 1.54) is 23.8 Å². The molecule has 0 spiro atoms. The fraction of sp³-hybridized carbons (Fsp3) is 0.391. The Morgan fingerprint density at radius 1 is 1.29 bits per heavy atom. The molecule has 3 aromatic rings. The Morgan fingerprint density at radius 3 is 2.96 bits per heavy atom. The topological polar surface area (TPSA) is 67.0 Å². The summed E-state index contributed by atoms with van der Waals surface area (Å²) in [4.78, 5) is 20.5. The number of nitrogens with zero attached hydrogens (tertiary/aromatic N) is 1. The van der Waals surface area contributed by atoms with Gasteiger partial charge in [-0.15, -0.1) is 0 Å². The second kappa shape index (κ2) is 6.97. The van der Waals surface area contributed by atoms with Crippen molar-refractivity contribution in [2.45, 2.75) is 38.1 Å². The predicted molar refractivity (Wildman–Crippen MR) is 108 cm³/mol. The zero-order valence-corrected chi connectivity index (χ0v) is 16.0. The Morgan fingerprint density at radius 2 is 2.18 bits per heavy atom. The number of para-hydroxylation sites is 1. The lowest BCUT2D eigenvalue weighted by atomic mass is 10.1. The number of aromatic nitrogens is 2. The highest BCUT2D eigenvalue weighted by molar-refractivity contribution is 5.87. The van der Waals surface area contributed by atoms with E-state index >= 15 is 0 Å². The summed E-state index contributed by atoms with van der Waals surface area (Å²) in [6.07, 6.45) is 7.16. The summed E-state index contributed by atoms with van der Waals surface area (Å²) < 4.78 is 5.73. The van der Waals surface area contributed by atoms with Gasteiger partial charge in [0.15, 0.2) is 0 Å². The number of nitrogens with one attached hydrogen (secondary N) is 2. The molecule has 2 N–H and O–H groups in total. The first-order valence-electron chi connectivity index (χ1n) is 10.1. The third-order valence-corrected chi connectivity index (χ3v) is 5.89. The van der Waals surface area contributed by atoms with Gasteiger partial charge in [0.05, 0.1) is 24.5 Å². The molecule has 0 radical (unpaired) electrons. The minimum absolute atomic E-state index is 0.0394. The molecule has 144 valence electrons. The van der Waals surface area contributed by atoms with Gasteiger partial charge in [-0.25, -0.2) is 0 Å². The monoisotopic (exact) mass is 375 g/mol. The fourth-order valence-electron chi connectivity index (χ4n) is 3.87. The standard InChI is InChI=1S/C23H25N3O2/c1-14(21-8-7-17(12-25-21)28-13-15-5-6-15)26-23(27)20-11-19(20)18-4-2-3-16-9-10-24-22(16)18/h2-4,7-10,12,14-15,19-20,24H,5-6,11,13H2,1H3,(H,26,27)/t14-,19-,20+/m1/s1. The van der Waals surface area contributed by atoms with Crippen molar-refractivity contribution in [2.24, 2.45) is 11.8 Å². The molecule has 0 unspecified atom stereocenters. The van der Waals surface area contributed by atoms with Crippen LogP contribution < -0.4 is 10.1 Å². The first kappa shape index (κ1) is 17.3. The van der Waals surface area contributed by atoms with E-state index in [4.69, 9.17) is 4.74 Å². The van der Waals surface area contributed by atoms with Gasteiger partial charge < -0.3 is 15.0 Å². The van der Waals surface area contributed by atoms with E-state index in [2.05, 4.69) is 39.6 Å². The molecule has 1 aromatic carbocycles. The number of aromatic amines is 1. The second-order valence-corrected chi connectivity index (χ2v) is 8.14. The number of rotatable bonds is 7. The summed E-state index contributed by atoms with van der Waals surface area (Å²) in [5.41, 5.74) is 3.25. The number of amides is 1. The van der Waals surface area contributed by atoms with Gasteiger partial charge in [-0.2, -0.15) is 0 Å². The van der Waals surface area contributed by atoms with Gasteiger partial charge in [0.1, 0.15) is 5.75 Å². The summed E-state index contributed by atoms with van der Waals surface area (Å²) in [5.74, 6) is 1.96. The molecule has 3 atom stereocenters. The molecule has 1 amide bonds. The van der Waals surface area contributed by atoms with E-state index in [1.807, 2.05) is 25.3 Å². The maximum absolute atomic E-state index is 12.7. The van der Waals surface area contributed by atoms with Crippen LogP contribution in [0.25, 0.3) is 10.9 Å². The first-order chi connectivity index (χ1) is 13.7. The van der Waals surface area contributed by atoms with E-state index in [9.17, 15) is 4.79 Å². The quantitative estimate of drug-likeness (QED) is 0.646. The van der Waals surface area contributed by atoms with Crippen molar-refractivity contribution in [3.05, 3.63) is 60.0 Å². The third kappa shape index (κ3) is 3.49. The van der Waals surface area contributed by atoms with Gasteiger partial charge in [-0.3, -0.25) is 9.78 Å². The van der Waals surface area contributed by atoms with Crippen LogP contribution in [0.4, 0.5) is 0 Å². The van der Waals surface area contributed by atoms with Crippen molar-refractivity contribution in [3.8, 4) is 5.75 Å². The number of hydrogen-bond acceptors (Lipinski definition) is 3. The van der Waals surface area contributed by atoms with Crippen LogP contribution in [0.2, 0.25) is 0 Å². The Kier molecular flexibility index (Phi) is 4.30. The maximum Gasteiger partial charge on any atom is 0.224 e. The Bertz CT molecular complexity index is 991. The molecule has 2 aromatic heterocycles. The van der Waals surface area contributed by atoms with Crippen LogP contribution in [0.15, 0.2) is 48.8 Å². The van der Waals surface area contributed by atoms with Gasteiger partial charge in [-0.05, 0) is 67.2 Å². The van der Waals surface area contributed by atoms with Gasteiger partial charge in [0, 0.05) is 17.6 Å². The molecular formula is C23H25N3O2. The summed E-state index contributed by atoms with van der Waals surface area (Å²) in [5, 5.41) is 4.33. The van der Waals surface area contributed by atoms with Crippen molar-refractivity contribution < 1.29 is 9.53 Å². The third-order valence-electron chi connectivity index (χ3n) is 5.89. The molecule has 0 bridgehead atoms.